The smallest absolute Gasteiger partial charge is 0.154 e. The largest absolute Gasteiger partial charge is 0.382 e. The maximum atomic E-state index is 8.63. The zero-order valence-corrected chi connectivity index (χ0v) is 9.09. The molecule has 0 aliphatic carbocycles. The Morgan fingerprint density at radius 1 is 1.62 bits per heavy atom. The van der Waals surface area contributed by atoms with Crippen LogP contribution in [0.4, 0.5) is 5.69 Å². The number of pyridine rings is 1. The van der Waals surface area contributed by atoms with Crippen molar-refractivity contribution in [3.63, 3.8) is 0 Å². The second kappa shape index (κ2) is 4.24. The predicted molar refractivity (Wildman–Crippen MR) is 55.4 cm³/mol. The Hall–Kier alpha value is -1.08. The molecule has 13 heavy (non-hydrogen) atoms. The highest BCUT2D eigenvalue weighted by Gasteiger charge is 2.02. The van der Waals surface area contributed by atoms with Gasteiger partial charge in [0.2, 0.25) is 0 Å². The van der Waals surface area contributed by atoms with Gasteiger partial charge in [0.25, 0.3) is 0 Å². The monoisotopic (exact) mass is 239 g/mol. The Bertz CT molecular complexity index is 341. The van der Waals surface area contributed by atoms with Gasteiger partial charge in [-0.2, -0.15) is 5.26 Å². The van der Waals surface area contributed by atoms with Gasteiger partial charge in [0.05, 0.1) is 16.4 Å². The molecule has 1 aromatic rings. The highest BCUT2D eigenvalue weighted by molar-refractivity contribution is 9.10. The predicted octanol–water partition coefficient (Wildman–Crippen LogP) is 2.54. The Kier molecular flexibility index (Phi) is 3.26. The fourth-order valence-corrected chi connectivity index (χ4v) is 1.37. The molecule has 0 amide bonds. The zero-order valence-electron chi connectivity index (χ0n) is 7.50. The third-order valence-electron chi connectivity index (χ3n) is 1.40. The molecular formula is C9H10BrN3. The molecule has 0 spiro atoms. The van der Waals surface area contributed by atoms with E-state index < -0.39 is 0 Å². The first-order valence-corrected chi connectivity index (χ1v) is 4.75. The molecule has 0 saturated carbocycles. The maximum Gasteiger partial charge on any atom is 0.154 e. The molecule has 0 aromatic carbocycles. The molecule has 0 bridgehead atoms. The Morgan fingerprint density at radius 2 is 2.31 bits per heavy atom. The number of hydrogen-bond donors (Lipinski definition) is 1. The standard InChI is InChI=1S/C9H10BrN3/c1-6(2)13-7-3-8(10)9(4-11)12-5-7/h3,5-6,13H,1-2H3. The molecule has 1 aromatic heterocycles. The van der Waals surface area contributed by atoms with E-state index in [1.807, 2.05) is 26.0 Å². The maximum absolute atomic E-state index is 8.63. The number of nitrogens with one attached hydrogen (secondary N) is 1. The van der Waals surface area contributed by atoms with Gasteiger partial charge in [-0.05, 0) is 35.8 Å². The second-order valence-electron chi connectivity index (χ2n) is 2.97. The first-order valence-electron chi connectivity index (χ1n) is 3.95. The van der Waals surface area contributed by atoms with Gasteiger partial charge in [-0.3, -0.25) is 0 Å². The van der Waals surface area contributed by atoms with Crippen molar-refractivity contribution < 1.29 is 0 Å². The molecule has 3 nitrogen and oxygen atoms in total. The van der Waals surface area contributed by atoms with E-state index in [4.69, 9.17) is 5.26 Å². The van der Waals surface area contributed by atoms with E-state index >= 15 is 0 Å². The van der Waals surface area contributed by atoms with E-state index in [-0.39, 0.29) is 0 Å². The number of nitrogens with zero attached hydrogens (tertiary/aromatic N) is 2. The zero-order chi connectivity index (χ0) is 9.84. The summed E-state index contributed by atoms with van der Waals surface area (Å²) in [6, 6.07) is 4.21. The van der Waals surface area contributed by atoms with E-state index in [9.17, 15) is 0 Å². The Balaban J connectivity index is 2.91. The number of anilines is 1. The Labute approximate surface area is 85.9 Å². The summed E-state index contributed by atoms with van der Waals surface area (Å²) in [5.74, 6) is 0. The quantitative estimate of drug-likeness (QED) is 0.864. The summed E-state index contributed by atoms with van der Waals surface area (Å²) in [5, 5.41) is 11.8. The lowest BCUT2D eigenvalue weighted by atomic mass is 10.3. The second-order valence-corrected chi connectivity index (χ2v) is 3.82. The van der Waals surface area contributed by atoms with Crippen LogP contribution >= 0.6 is 15.9 Å². The van der Waals surface area contributed by atoms with Gasteiger partial charge in [-0.15, -0.1) is 0 Å². The number of aromatic nitrogens is 1. The topological polar surface area (TPSA) is 48.7 Å². The molecular weight excluding hydrogens is 230 g/mol. The van der Waals surface area contributed by atoms with Crippen molar-refractivity contribution >= 4 is 21.6 Å². The summed E-state index contributed by atoms with van der Waals surface area (Å²) in [5.41, 5.74) is 1.33. The fraction of sp³-hybridized carbons (Fsp3) is 0.333. The van der Waals surface area contributed by atoms with E-state index in [0.29, 0.717) is 11.7 Å². The molecule has 4 heteroatoms. The molecule has 1 heterocycles. The van der Waals surface area contributed by atoms with Crippen LogP contribution in [0.15, 0.2) is 16.7 Å². The van der Waals surface area contributed by atoms with Gasteiger partial charge in [-0.25, -0.2) is 4.98 Å². The van der Waals surface area contributed by atoms with Crippen molar-refractivity contribution in [3.05, 3.63) is 22.4 Å². The van der Waals surface area contributed by atoms with Crippen LogP contribution in [0.25, 0.3) is 0 Å². The highest BCUT2D eigenvalue weighted by Crippen LogP contribution is 2.18. The molecule has 1 rings (SSSR count). The van der Waals surface area contributed by atoms with Crippen LogP contribution in [-0.4, -0.2) is 11.0 Å². The lowest BCUT2D eigenvalue weighted by molar-refractivity contribution is 0.897. The summed E-state index contributed by atoms with van der Waals surface area (Å²) in [7, 11) is 0. The van der Waals surface area contributed by atoms with Gasteiger partial charge in [0, 0.05) is 6.04 Å². The third-order valence-corrected chi connectivity index (χ3v) is 2.01. The molecule has 0 saturated heterocycles. The minimum Gasteiger partial charge on any atom is -0.382 e. The Morgan fingerprint density at radius 3 is 2.77 bits per heavy atom. The summed E-state index contributed by atoms with van der Waals surface area (Å²) in [6.07, 6.45) is 1.66. The molecule has 0 unspecified atom stereocenters. The number of halogens is 1. The van der Waals surface area contributed by atoms with Gasteiger partial charge >= 0.3 is 0 Å². The summed E-state index contributed by atoms with van der Waals surface area (Å²) in [6.45, 7) is 4.10. The first kappa shape index (κ1) is 10.0. The lowest BCUT2D eigenvalue weighted by Crippen LogP contribution is -2.09. The molecule has 0 aliphatic heterocycles. The van der Waals surface area contributed by atoms with Gasteiger partial charge in [0.1, 0.15) is 6.07 Å². The summed E-state index contributed by atoms with van der Waals surface area (Å²) < 4.78 is 0.723. The van der Waals surface area contributed by atoms with Crippen molar-refractivity contribution in [3.8, 4) is 6.07 Å². The number of nitriles is 1. The number of rotatable bonds is 2. The lowest BCUT2D eigenvalue weighted by Gasteiger charge is -2.09. The number of hydrogen-bond acceptors (Lipinski definition) is 3. The van der Waals surface area contributed by atoms with Crippen LogP contribution in [0, 0.1) is 11.3 Å². The fourth-order valence-electron chi connectivity index (χ4n) is 0.932. The van der Waals surface area contributed by atoms with Crippen LogP contribution in [0.5, 0.6) is 0 Å². The molecule has 1 N–H and O–H groups in total. The minimum atomic E-state index is 0.363. The van der Waals surface area contributed by atoms with Crippen LogP contribution in [0.3, 0.4) is 0 Å². The highest BCUT2D eigenvalue weighted by atomic mass is 79.9. The van der Waals surface area contributed by atoms with Crippen LogP contribution in [0.2, 0.25) is 0 Å². The normalized spacial score (nSPS) is 9.77. The van der Waals surface area contributed by atoms with Crippen LogP contribution < -0.4 is 5.32 Å². The van der Waals surface area contributed by atoms with E-state index in [1.54, 1.807) is 6.20 Å². The third kappa shape index (κ3) is 2.71. The van der Waals surface area contributed by atoms with Gasteiger partial charge < -0.3 is 5.32 Å². The van der Waals surface area contributed by atoms with E-state index in [0.717, 1.165) is 10.2 Å². The van der Waals surface area contributed by atoms with E-state index in [2.05, 4.69) is 26.2 Å². The van der Waals surface area contributed by atoms with Crippen molar-refractivity contribution in [2.24, 2.45) is 0 Å². The van der Waals surface area contributed by atoms with Crippen molar-refractivity contribution in [1.29, 1.82) is 5.26 Å². The molecule has 68 valence electrons. The molecule has 0 fully saturated rings. The summed E-state index contributed by atoms with van der Waals surface area (Å²) in [4.78, 5) is 3.98. The van der Waals surface area contributed by atoms with Crippen molar-refractivity contribution in [1.82, 2.24) is 4.98 Å². The van der Waals surface area contributed by atoms with Gasteiger partial charge in [-0.1, -0.05) is 0 Å². The first-order chi connectivity index (χ1) is 6.13. The average Bonchev–Trinajstić information content (AvgIpc) is 2.03. The molecule has 0 atom stereocenters. The SMILES string of the molecule is CC(C)Nc1cnc(C#N)c(Br)c1. The van der Waals surface area contributed by atoms with Crippen LogP contribution in [0.1, 0.15) is 19.5 Å². The van der Waals surface area contributed by atoms with Gasteiger partial charge in [0.15, 0.2) is 5.69 Å². The van der Waals surface area contributed by atoms with Crippen molar-refractivity contribution in [2.45, 2.75) is 19.9 Å². The van der Waals surface area contributed by atoms with E-state index in [1.165, 1.54) is 0 Å². The summed E-state index contributed by atoms with van der Waals surface area (Å²) >= 11 is 3.27. The molecule has 0 aliphatic rings. The average molecular weight is 240 g/mol. The van der Waals surface area contributed by atoms with Crippen LogP contribution in [-0.2, 0) is 0 Å². The minimum absolute atomic E-state index is 0.363. The molecule has 0 radical (unpaired) electrons. The van der Waals surface area contributed by atoms with Crippen molar-refractivity contribution in [2.75, 3.05) is 5.32 Å².